The minimum Gasteiger partial charge on any atom is -0.367 e. The number of benzene rings is 1. The third-order valence-electron chi connectivity index (χ3n) is 3.00. The van der Waals surface area contributed by atoms with Gasteiger partial charge in [0.2, 0.25) is 11.8 Å². The van der Waals surface area contributed by atoms with Crippen molar-refractivity contribution >= 4 is 11.8 Å². The van der Waals surface area contributed by atoms with Gasteiger partial charge in [-0.1, -0.05) is 30.3 Å². The number of carbonyl (C=O) groups is 2. The van der Waals surface area contributed by atoms with E-state index in [-0.39, 0.29) is 18.4 Å². The van der Waals surface area contributed by atoms with E-state index in [9.17, 15) is 9.59 Å². The van der Waals surface area contributed by atoms with E-state index in [0.717, 1.165) is 5.56 Å². The number of carbonyl (C=O) groups excluding carboxylic acids is 2. The van der Waals surface area contributed by atoms with Gasteiger partial charge in [0.25, 0.3) is 0 Å². The zero-order valence-electron chi connectivity index (χ0n) is 10.8. The Labute approximate surface area is 112 Å². The third-order valence-corrected chi connectivity index (χ3v) is 3.00. The van der Waals surface area contributed by atoms with Crippen molar-refractivity contribution in [3.05, 3.63) is 35.9 Å². The molecular formula is C14H18N2O3. The van der Waals surface area contributed by atoms with Gasteiger partial charge in [-0.15, -0.1) is 0 Å². The highest BCUT2D eigenvalue weighted by Crippen LogP contribution is 2.02. The van der Waals surface area contributed by atoms with Crippen molar-refractivity contribution < 1.29 is 14.3 Å². The van der Waals surface area contributed by atoms with Crippen LogP contribution < -0.4 is 5.32 Å². The van der Waals surface area contributed by atoms with Crippen LogP contribution in [0.1, 0.15) is 12.0 Å². The molecule has 1 aliphatic heterocycles. The van der Waals surface area contributed by atoms with Gasteiger partial charge in [-0.2, -0.15) is 0 Å². The van der Waals surface area contributed by atoms with E-state index in [1.54, 1.807) is 4.90 Å². The van der Waals surface area contributed by atoms with Crippen LogP contribution in [0.5, 0.6) is 0 Å². The van der Waals surface area contributed by atoms with Crippen LogP contribution in [0.3, 0.4) is 0 Å². The summed E-state index contributed by atoms with van der Waals surface area (Å²) in [6.07, 6.45) is 0.366. The summed E-state index contributed by atoms with van der Waals surface area (Å²) in [5, 5.41) is 2.74. The van der Waals surface area contributed by atoms with Gasteiger partial charge in [-0.25, -0.2) is 0 Å². The fraction of sp³-hybridized carbons (Fsp3) is 0.429. The van der Waals surface area contributed by atoms with Crippen LogP contribution in [-0.2, 0) is 20.9 Å². The second-order valence-electron chi connectivity index (χ2n) is 4.46. The van der Waals surface area contributed by atoms with Gasteiger partial charge >= 0.3 is 0 Å². The van der Waals surface area contributed by atoms with Gasteiger partial charge in [0.1, 0.15) is 6.61 Å². The summed E-state index contributed by atoms with van der Waals surface area (Å²) in [4.78, 5) is 24.7. The van der Waals surface area contributed by atoms with Gasteiger partial charge in [-0.05, 0) is 5.56 Å². The van der Waals surface area contributed by atoms with Crippen molar-refractivity contribution in [3.8, 4) is 0 Å². The normalized spacial score (nSPS) is 15.8. The first-order valence-corrected chi connectivity index (χ1v) is 6.42. The fourth-order valence-electron chi connectivity index (χ4n) is 1.94. The van der Waals surface area contributed by atoms with Crippen LogP contribution in [0.25, 0.3) is 0 Å². The lowest BCUT2D eigenvalue weighted by molar-refractivity contribution is -0.136. The topological polar surface area (TPSA) is 58.6 Å². The molecule has 5 heteroatoms. The lowest BCUT2D eigenvalue weighted by Gasteiger charge is -2.19. The van der Waals surface area contributed by atoms with E-state index in [0.29, 0.717) is 32.7 Å². The van der Waals surface area contributed by atoms with Crippen molar-refractivity contribution in [2.45, 2.75) is 13.0 Å². The Balaban J connectivity index is 1.73. The van der Waals surface area contributed by atoms with Crippen LogP contribution in [0, 0.1) is 0 Å². The van der Waals surface area contributed by atoms with Gasteiger partial charge < -0.3 is 15.0 Å². The van der Waals surface area contributed by atoms with Crippen LogP contribution >= 0.6 is 0 Å². The lowest BCUT2D eigenvalue weighted by Crippen LogP contribution is -2.36. The number of rotatable bonds is 4. The molecule has 0 radical (unpaired) electrons. The summed E-state index contributed by atoms with van der Waals surface area (Å²) in [6.45, 7) is 2.03. The predicted octanol–water partition coefficient (Wildman–Crippen LogP) is 0.552. The molecule has 1 aliphatic rings. The van der Waals surface area contributed by atoms with Crippen molar-refractivity contribution in [1.82, 2.24) is 10.2 Å². The molecule has 0 spiro atoms. The summed E-state index contributed by atoms with van der Waals surface area (Å²) >= 11 is 0. The summed E-state index contributed by atoms with van der Waals surface area (Å²) in [5.41, 5.74) is 1.04. The molecule has 1 N–H and O–H groups in total. The van der Waals surface area contributed by atoms with Crippen LogP contribution in [0.2, 0.25) is 0 Å². The summed E-state index contributed by atoms with van der Waals surface area (Å²) in [7, 11) is 0. The van der Waals surface area contributed by atoms with E-state index in [2.05, 4.69) is 5.32 Å². The first kappa shape index (κ1) is 13.5. The molecule has 1 aromatic carbocycles. The number of nitrogens with zero attached hydrogens (tertiary/aromatic N) is 1. The zero-order valence-corrected chi connectivity index (χ0v) is 10.8. The van der Waals surface area contributed by atoms with E-state index in [1.165, 1.54) is 0 Å². The molecule has 19 heavy (non-hydrogen) atoms. The van der Waals surface area contributed by atoms with Gasteiger partial charge in [0.15, 0.2) is 0 Å². The molecule has 0 aromatic heterocycles. The maximum atomic E-state index is 11.9. The van der Waals surface area contributed by atoms with Crippen molar-refractivity contribution in [2.75, 3.05) is 26.2 Å². The standard InChI is InChI=1S/C14H18N2O3/c17-13-6-8-16(9-7-15-13)14(18)11-19-10-12-4-2-1-3-5-12/h1-5H,6-11H2,(H,15,17). The zero-order chi connectivity index (χ0) is 13.5. The first-order valence-electron chi connectivity index (χ1n) is 6.42. The maximum Gasteiger partial charge on any atom is 0.248 e. The minimum absolute atomic E-state index is 0.000467. The largest absolute Gasteiger partial charge is 0.367 e. The lowest BCUT2D eigenvalue weighted by atomic mass is 10.2. The Bertz CT molecular complexity index is 434. The van der Waals surface area contributed by atoms with E-state index in [1.807, 2.05) is 30.3 Å². The smallest absolute Gasteiger partial charge is 0.248 e. The van der Waals surface area contributed by atoms with Crippen molar-refractivity contribution in [1.29, 1.82) is 0 Å². The monoisotopic (exact) mass is 262 g/mol. The molecule has 0 aliphatic carbocycles. The van der Waals surface area contributed by atoms with Crippen LogP contribution in [-0.4, -0.2) is 43.0 Å². The molecule has 1 heterocycles. The molecule has 0 bridgehead atoms. The van der Waals surface area contributed by atoms with Gasteiger partial charge in [0, 0.05) is 26.1 Å². The number of hydrogen-bond acceptors (Lipinski definition) is 3. The molecule has 1 fully saturated rings. The van der Waals surface area contributed by atoms with Gasteiger partial charge in [-0.3, -0.25) is 9.59 Å². The van der Waals surface area contributed by atoms with Crippen LogP contribution in [0.15, 0.2) is 30.3 Å². The highest BCUT2D eigenvalue weighted by Gasteiger charge is 2.18. The Hall–Kier alpha value is -1.88. The average molecular weight is 262 g/mol. The molecule has 5 nitrogen and oxygen atoms in total. The van der Waals surface area contributed by atoms with E-state index >= 15 is 0 Å². The van der Waals surface area contributed by atoms with Crippen LogP contribution in [0.4, 0.5) is 0 Å². The highest BCUT2D eigenvalue weighted by atomic mass is 16.5. The fourth-order valence-corrected chi connectivity index (χ4v) is 1.94. The molecule has 1 saturated heterocycles. The number of hydrogen-bond donors (Lipinski definition) is 1. The second-order valence-corrected chi connectivity index (χ2v) is 4.46. The van der Waals surface area contributed by atoms with Crippen molar-refractivity contribution in [3.63, 3.8) is 0 Å². The third kappa shape index (κ3) is 4.37. The Morgan fingerprint density at radius 2 is 2.05 bits per heavy atom. The SMILES string of the molecule is O=C1CCN(C(=O)COCc2ccccc2)CCN1. The molecule has 1 aromatic rings. The maximum absolute atomic E-state index is 11.9. The van der Waals surface area contributed by atoms with Gasteiger partial charge in [0.05, 0.1) is 6.61 Å². The Morgan fingerprint density at radius 1 is 1.26 bits per heavy atom. The van der Waals surface area contributed by atoms with E-state index < -0.39 is 0 Å². The molecule has 0 unspecified atom stereocenters. The second kappa shape index (κ2) is 6.89. The molecule has 0 saturated carbocycles. The molecule has 0 atom stereocenters. The molecule has 2 amide bonds. The summed E-state index contributed by atoms with van der Waals surface area (Å²) < 4.78 is 5.41. The molecule has 102 valence electrons. The number of ether oxygens (including phenoxy) is 1. The predicted molar refractivity (Wildman–Crippen MR) is 70.3 cm³/mol. The number of amides is 2. The van der Waals surface area contributed by atoms with Crippen molar-refractivity contribution in [2.24, 2.45) is 0 Å². The minimum atomic E-state index is -0.0626. The average Bonchev–Trinajstić information content (AvgIpc) is 2.65. The summed E-state index contributed by atoms with van der Waals surface area (Å²) in [6, 6.07) is 9.73. The Kier molecular flexibility index (Phi) is 4.92. The number of nitrogens with one attached hydrogen (secondary N) is 1. The molecular weight excluding hydrogens is 244 g/mol. The Morgan fingerprint density at radius 3 is 2.84 bits per heavy atom. The summed E-state index contributed by atoms with van der Waals surface area (Å²) in [5.74, 6) is -0.0621. The van der Waals surface area contributed by atoms with E-state index in [4.69, 9.17) is 4.74 Å². The first-order chi connectivity index (χ1) is 9.25. The molecule has 2 rings (SSSR count). The highest BCUT2D eigenvalue weighted by molar-refractivity contribution is 5.80. The quantitative estimate of drug-likeness (QED) is 0.862.